The molecule has 1 aliphatic rings. The summed E-state index contributed by atoms with van der Waals surface area (Å²) >= 11 is 0. The largest absolute Gasteiger partial charge is 0.383 e. The van der Waals surface area contributed by atoms with Crippen molar-refractivity contribution in [2.45, 2.75) is 32.3 Å². The van der Waals surface area contributed by atoms with Crippen molar-refractivity contribution in [2.75, 3.05) is 12.3 Å². The second-order valence-electron chi connectivity index (χ2n) is 4.40. The lowest BCUT2D eigenvalue weighted by molar-refractivity contribution is 0.0213. The number of nitrogens with zero attached hydrogens (tertiary/aromatic N) is 1. The summed E-state index contributed by atoms with van der Waals surface area (Å²) in [6.07, 6.45) is 3.28. The van der Waals surface area contributed by atoms with E-state index in [4.69, 9.17) is 10.5 Å². The Morgan fingerprint density at radius 2 is 2.38 bits per heavy atom. The van der Waals surface area contributed by atoms with E-state index in [9.17, 15) is 4.79 Å². The molecule has 1 aliphatic heterocycles. The fourth-order valence-corrected chi connectivity index (χ4v) is 2.10. The SMILES string of the molecule is Cc1ccnc(N)c1C(=O)C1(C)CCCO1. The van der Waals surface area contributed by atoms with Gasteiger partial charge in [-0.05, 0) is 38.3 Å². The average Bonchev–Trinajstić information content (AvgIpc) is 2.66. The van der Waals surface area contributed by atoms with Crippen LogP contribution in [0.2, 0.25) is 0 Å². The summed E-state index contributed by atoms with van der Waals surface area (Å²) in [6, 6.07) is 1.79. The number of pyridine rings is 1. The minimum Gasteiger partial charge on any atom is -0.383 e. The van der Waals surface area contributed by atoms with Gasteiger partial charge in [0.25, 0.3) is 0 Å². The Balaban J connectivity index is 2.41. The zero-order valence-corrected chi connectivity index (χ0v) is 9.62. The number of rotatable bonds is 2. The van der Waals surface area contributed by atoms with E-state index in [1.807, 2.05) is 13.8 Å². The highest BCUT2D eigenvalue weighted by Crippen LogP contribution is 2.31. The molecule has 0 spiro atoms. The van der Waals surface area contributed by atoms with Crippen LogP contribution in [0.15, 0.2) is 12.3 Å². The van der Waals surface area contributed by atoms with E-state index in [0.29, 0.717) is 18.0 Å². The first-order valence-corrected chi connectivity index (χ1v) is 5.44. The van der Waals surface area contributed by atoms with Crippen LogP contribution >= 0.6 is 0 Å². The van der Waals surface area contributed by atoms with Crippen molar-refractivity contribution in [1.29, 1.82) is 0 Å². The maximum atomic E-state index is 12.4. The van der Waals surface area contributed by atoms with Gasteiger partial charge in [-0.2, -0.15) is 0 Å². The minimum absolute atomic E-state index is 0.0481. The molecule has 2 N–H and O–H groups in total. The minimum atomic E-state index is -0.720. The molecule has 0 bridgehead atoms. The molecule has 0 radical (unpaired) electrons. The van der Waals surface area contributed by atoms with Crippen LogP contribution in [0.1, 0.15) is 35.7 Å². The maximum Gasteiger partial charge on any atom is 0.198 e. The molecule has 1 unspecified atom stereocenters. The molecule has 16 heavy (non-hydrogen) atoms. The quantitative estimate of drug-likeness (QED) is 0.771. The number of hydrogen-bond donors (Lipinski definition) is 1. The molecule has 1 atom stereocenters. The van der Waals surface area contributed by atoms with Gasteiger partial charge in [0.2, 0.25) is 0 Å². The lowest BCUT2D eigenvalue weighted by Gasteiger charge is -2.22. The number of carbonyl (C=O) groups is 1. The second kappa shape index (κ2) is 3.87. The van der Waals surface area contributed by atoms with Crippen molar-refractivity contribution in [1.82, 2.24) is 4.98 Å². The summed E-state index contributed by atoms with van der Waals surface area (Å²) in [5.74, 6) is 0.245. The number of Topliss-reactive ketones (excluding diaryl/α,β-unsaturated/α-hetero) is 1. The van der Waals surface area contributed by atoms with Gasteiger partial charge in [-0.15, -0.1) is 0 Å². The first-order valence-electron chi connectivity index (χ1n) is 5.44. The molecule has 0 aliphatic carbocycles. The monoisotopic (exact) mass is 220 g/mol. The van der Waals surface area contributed by atoms with Crippen LogP contribution in [0.3, 0.4) is 0 Å². The Hall–Kier alpha value is -1.42. The van der Waals surface area contributed by atoms with E-state index in [-0.39, 0.29) is 5.78 Å². The molecule has 1 aromatic heterocycles. The number of nitrogens with two attached hydrogens (primary N) is 1. The number of aryl methyl sites for hydroxylation is 1. The molecule has 1 saturated heterocycles. The molecular weight excluding hydrogens is 204 g/mol. The standard InChI is InChI=1S/C12H16N2O2/c1-8-4-6-14-11(13)9(8)10(15)12(2)5-3-7-16-12/h4,6H,3,5,7H2,1-2H3,(H2,13,14). The fraction of sp³-hybridized carbons (Fsp3) is 0.500. The van der Waals surface area contributed by atoms with Gasteiger partial charge in [0.15, 0.2) is 5.78 Å². The number of hydrogen-bond acceptors (Lipinski definition) is 4. The summed E-state index contributed by atoms with van der Waals surface area (Å²) in [4.78, 5) is 16.3. The van der Waals surface area contributed by atoms with E-state index in [1.165, 1.54) is 0 Å². The van der Waals surface area contributed by atoms with E-state index in [1.54, 1.807) is 12.3 Å². The van der Waals surface area contributed by atoms with Gasteiger partial charge in [-0.25, -0.2) is 4.98 Å². The number of ether oxygens (including phenoxy) is 1. The molecule has 2 rings (SSSR count). The number of anilines is 1. The second-order valence-corrected chi connectivity index (χ2v) is 4.40. The molecule has 1 fully saturated rings. The van der Waals surface area contributed by atoms with Crippen molar-refractivity contribution in [2.24, 2.45) is 0 Å². The Labute approximate surface area is 94.8 Å². The molecular formula is C12H16N2O2. The van der Waals surface area contributed by atoms with Gasteiger partial charge in [0.1, 0.15) is 11.4 Å². The molecule has 0 aromatic carbocycles. The third kappa shape index (κ3) is 1.69. The topological polar surface area (TPSA) is 65.2 Å². The van der Waals surface area contributed by atoms with Gasteiger partial charge >= 0.3 is 0 Å². The third-order valence-electron chi connectivity index (χ3n) is 3.11. The number of nitrogen functional groups attached to an aromatic ring is 1. The molecule has 1 aromatic rings. The Morgan fingerprint density at radius 3 is 2.94 bits per heavy atom. The van der Waals surface area contributed by atoms with Gasteiger partial charge in [0.05, 0.1) is 5.56 Å². The van der Waals surface area contributed by atoms with Gasteiger partial charge in [-0.3, -0.25) is 4.79 Å². The van der Waals surface area contributed by atoms with E-state index < -0.39 is 5.60 Å². The smallest absolute Gasteiger partial charge is 0.198 e. The third-order valence-corrected chi connectivity index (χ3v) is 3.11. The van der Waals surface area contributed by atoms with E-state index in [2.05, 4.69) is 4.98 Å². The summed E-state index contributed by atoms with van der Waals surface area (Å²) in [5, 5.41) is 0. The average molecular weight is 220 g/mol. The number of carbonyl (C=O) groups excluding carboxylic acids is 1. The van der Waals surface area contributed by atoms with E-state index >= 15 is 0 Å². The van der Waals surface area contributed by atoms with Crippen LogP contribution in [0.25, 0.3) is 0 Å². The molecule has 0 saturated carbocycles. The van der Waals surface area contributed by atoms with Crippen molar-refractivity contribution in [3.05, 3.63) is 23.4 Å². The first-order chi connectivity index (χ1) is 7.54. The molecule has 4 heteroatoms. The predicted molar refractivity (Wildman–Crippen MR) is 61.3 cm³/mol. The summed E-state index contributed by atoms with van der Waals surface area (Å²) < 4.78 is 5.53. The van der Waals surface area contributed by atoms with Gasteiger partial charge in [-0.1, -0.05) is 0 Å². The highest BCUT2D eigenvalue weighted by Gasteiger charge is 2.39. The molecule has 0 amide bonds. The highest BCUT2D eigenvalue weighted by molar-refractivity contribution is 6.06. The summed E-state index contributed by atoms with van der Waals surface area (Å²) in [5.41, 5.74) is 6.40. The first kappa shape index (κ1) is 11.1. The summed E-state index contributed by atoms with van der Waals surface area (Å²) in [6.45, 7) is 4.33. The number of aromatic nitrogens is 1. The lowest BCUT2D eigenvalue weighted by atomic mass is 9.90. The van der Waals surface area contributed by atoms with Crippen molar-refractivity contribution >= 4 is 11.6 Å². The highest BCUT2D eigenvalue weighted by atomic mass is 16.5. The Kier molecular flexibility index (Phi) is 2.68. The van der Waals surface area contributed by atoms with Crippen LogP contribution in [0.5, 0.6) is 0 Å². The molecule has 2 heterocycles. The fourth-order valence-electron chi connectivity index (χ4n) is 2.10. The van der Waals surface area contributed by atoms with Gasteiger partial charge < -0.3 is 10.5 Å². The Morgan fingerprint density at radius 1 is 1.62 bits per heavy atom. The lowest BCUT2D eigenvalue weighted by Crippen LogP contribution is -2.35. The van der Waals surface area contributed by atoms with E-state index in [0.717, 1.165) is 18.4 Å². The normalized spacial score (nSPS) is 24.6. The maximum absolute atomic E-state index is 12.4. The Bertz CT molecular complexity index is 403. The zero-order chi connectivity index (χ0) is 11.8. The van der Waals surface area contributed by atoms with Crippen LogP contribution in [-0.2, 0) is 4.74 Å². The van der Waals surface area contributed by atoms with Crippen LogP contribution in [0, 0.1) is 6.92 Å². The molecule has 4 nitrogen and oxygen atoms in total. The van der Waals surface area contributed by atoms with Gasteiger partial charge in [0, 0.05) is 12.8 Å². The van der Waals surface area contributed by atoms with Crippen LogP contribution in [0.4, 0.5) is 5.82 Å². The van der Waals surface area contributed by atoms with Crippen molar-refractivity contribution in [3.8, 4) is 0 Å². The van der Waals surface area contributed by atoms with Crippen molar-refractivity contribution in [3.63, 3.8) is 0 Å². The summed E-state index contributed by atoms with van der Waals surface area (Å²) in [7, 11) is 0. The zero-order valence-electron chi connectivity index (χ0n) is 9.62. The van der Waals surface area contributed by atoms with Crippen LogP contribution in [-0.4, -0.2) is 23.0 Å². The molecule has 86 valence electrons. The number of ketones is 1. The van der Waals surface area contributed by atoms with Crippen molar-refractivity contribution < 1.29 is 9.53 Å². The van der Waals surface area contributed by atoms with Crippen LogP contribution < -0.4 is 5.73 Å². The predicted octanol–water partition coefficient (Wildman–Crippen LogP) is 1.72.